The predicted octanol–water partition coefficient (Wildman–Crippen LogP) is 5.52. The Labute approximate surface area is 188 Å². The zero-order valence-electron chi connectivity index (χ0n) is 16.9. The van der Waals surface area contributed by atoms with E-state index < -0.39 is 0 Å². The Morgan fingerprint density at radius 1 is 1.03 bits per heavy atom. The topological polar surface area (TPSA) is 76.9 Å². The fraction of sp³-hybridized carbons (Fsp3) is 0.130. The SMILES string of the molecule is CC(C)n1nc(-c2sc(NC(=O)c3ccccc3Cl)nc2-c2ccccc2)ccc1=O. The van der Waals surface area contributed by atoms with Gasteiger partial charge in [-0.2, -0.15) is 5.10 Å². The van der Waals surface area contributed by atoms with Crippen LogP contribution in [0.2, 0.25) is 5.02 Å². The van der Waals surface area contributed by atoms with Gasteiger partial charge in [0.15, 0.2) is 5.13 Å². The maximum absolute atomic E-state index is 12.7. The lowest BCUT2D eigenvalue weighted by atomic mass is 10.1. The van der Waals surface area contributed by atoms with Crippen LogP contribution in [0.1, 0.15) is 30.2 Å². The van der Waals surface area contributed by atoms with Crippen molar-refractivity contribution in [3.63, 3.8) is 0 Å². The average molecular weight is 451 g/mol. The van der Waals surface area contributed by atoms with Crippen molar-refractivity contribution in [3.8, 4) is 21.8 Å². The Hall–Kier alpha value is -3.29. The smallest absolute Gasteiger partial charge is 0.267 e. The molecule has 0 aliphatic carbocycles. The van der Waals surface area contributed by atoms with Crippen molar-refractivity contribution in [1.29, 1.82) is 0 Å². The summed E-state index contributed by atoms with van der Waals surface area (Å²) < 4.78 is 1.44. The van der Waals surface area contributed by atoms with Gasteiger partial charge >= 0.3 is 0 Å². The van der Waals surface area contributed by atoms with Crippen LogP contribution in [0.3, 0.4) is 0 Å². The number of carbonyl (C=O) groups excluding carboxylic acids is 1. The van der Waals surface area contributed by atoms with Crippen LogP contribution in [0.5, 0.6) is 0 Å². The zero-order valence-corrected chi connectivity index (χ0v) is 18.4. The molecule has 0 atom stereocenters. The maximum Gasteiger partial charge on any atom is 0.267 e. The summed E-state index contributed by atoms with van der Waals surface area (Å²) >= 11 is 7.45. The van der Waals surface area contributed by atoms with E-state index in [1.165, 1.54) is 22.1 Å². The van der Waals surface area contributed by atoms with Crippen LogP contribution in [-0.2, 0) is 0 Å². The van der Waals surface area contributed by atoms with E-state index in [0.29, 0.717) is 27.1 Å². The molecule has 0 bridgehead atoms. The minimum atomic E-state index is -0.342. The Morgan fingerprint density at radius 2 is 1.74 bits per heavy atom. The molecule has 2 aromatic heterocycles. The third kappa shape index (κ3) is 4.42. The van der Waals surface area contributed by atoms with Crippen molar-refractivity contribution in [1.82, 2.24) is 14.8 Å². The number of nitrogens with zero attached hydrogens (tertiary/aromatic N) is 3. The molecular weight excluding hydrogens is 432 g/mol. The number of rotatable bonds is 5. The number of aromatic nitrogens is 3. The van der Waals surface area contributed by atoms with Crippen molar-refractivity contribution in [3.05, 3.63) is 87.7 Å². The van der Waals surface area contributed by atoms with E-state index in [2.05, 4.69) is 15.4 Å². The van der Waals surface area contributed by atoms with E-state index in [0.717, 1.165) is 10.4 Å². The average Bonchev–Trinajstić information content (AvgIpc) is 3.18. The van der Waals surface area contributed by atoms with Gasteiger partial charge in [-0.1, -0.05) is 65.4 Å². The number of nitrogens with one attached hydrogen (secondary N) is 1. The second-order valence-electron chi connectivity index (χ2n) is 7.09. The summed E-state index contributed by atoms with van der Waals surface area (Å²) in [6.45, 7) is 3.80. The summed E-state index contributed by atoms with van der Waals surface area (Å²) in [4.78, 5) is 30.3. The molecule has 1 N–H and O–H groups in total. The van der Waals surface area contributed by atoms with Crippen LogP contribution in [0.4, 0.5) is 5.13 Å². The third-order valence-electron chi connectivity index (χ3n) is 4.56. The minimum absolute atomic E-state index is 0.0834. The Bertz CT molecular complexity index is 1300. The fourth-order valence-electron chi connectivity index (χ4n) is 3.07. The second kappa shape index (κ2) is 8.83. The number of anilines is 1. The van der Waals surface area contributed by atoms with Crippen molar-refractivity contribution < 1.29 is 4.79 Å². The minimum Gasteiger partial charge on any atom is -0.298 e. The van der Waals surface area contributed by atoms with Gasteiger partial charge in [-0.25, -0.2) is 9.67 Å². The molecular formula is C23H19ClN4O2S. The highest BCUT2D eigenvalue weighted by Crippen LogP contribution is 2.38. The van der Waals surface area contributed by atoms with Gasteiger partial charge in [-0.05, 0) is 32.0 Å². The molecule has 0 fully saturated rings. The summed E-state index contributed by atoms with van der Waals surface area (Å²) in [7, 11) is 0. The van der Waals surface area contributed by atoms with Gasteiger partial charge in [0.1, 0.15) is 5.69 Å². The summed E-state index contributed by atoms with van der Waals surface area (Å²) in [6, 6.07) is 19.6. The summed E-state index contributed by atoms with van der Waals surface area (Å²) in [5.74, 6) is -0.342. The van der Waals surface area contributed by atoms with Crippen LogP contribution in [0, 0.1) is 0 Å². The predicted molar refractivity (Wildman–Crippen MR) is 125 cm³/mol. The van der Waals surface area contributed by atoms with Crippen LogP contribution >= 0.6 is 22.9 Å². The molecule has 0 aliphatic heterocycles. The van der Waals surface area contributed by atoms with Gasteiger partial charge < -0.3 is 0 Å². The number of thiazole rings is 1. The number of benzene rings is 2. The molecule has 8 heteroatoms. The molecule has 31 heavy (non-hydrogen) atoms. The van der Waals surface area contributed by atoms with Gasteiger partial charge in [0.05, 0.1) is 27.2 Å². The number of hydrogen-bond donors (Lipinski definition) is 1. The third-order valence-corrected chi connectivity index (χ3v) is 5.88. The van der Waals surface area contributed by atoms with Gasteiger partial charge in [-0.3, -0.25) is 14.9 Å². The number of hydrogen-bond acceptors (Lipinski definition) is 5. The van der Waals surface area contributed by atoms with E-state index in [-0.39, 0.29) is 17.5 Å². The molecule has 2 heterocycles. The Balaban J connectivity index is 1.79. The first kappa shape index (κ1) is 21.0. The Kier molecular flexibility index (Phi) is 5.97. The molecule has 0 unspecified atom stereocenters. The van der Waals surface area contributed by atoms with Crippen LogP contribution in [-0.4, -0.2) is 20.7 Å². The molecule has 0 spiro atoms. The van der Waals surface area contributed by atoms with Gasteiger partial charge in [0.2, 0.25) is 0 Å². The highest BCUT2D eigenvalue weighted by molar-refractivity contribution is 7.19. The molecule has 0 saturated carbocycles. The quantitative estimate of drug-likeness (QED) is 0.434. The van der Waals surface area contributed by atoms with E-state index in [4.69, 9.17) is 11.6 Å². The highest BCUT2D eigenvalue weighted by atomic mass is 35.5. The van der Waals surface area contributed by atoms with Gasteiger partial charge in [0, 0.05) is 11.6 Å². The molecule has 1 amide bonds. The van der Waals surface area contributed by atoms with Crippen LogP contribution < -0.4 is 10.9 Å². The maximum atomic E-state index is 12.7. The lowest BCUT2D eigenvalue weighted by molar-refractivity contribution is 0.102. The second-order valence-corrected chi connectivity index (χ2v) is 8.50. The summed E-state index contributed by atoms with van der Waals surface area (Å²) in [6.07, 6.45) is 0. The monoisotopic (exact) mass is 450 g/mol. The van der Waals surface area contributed by atoms with Crippen molar-refractivity contribution in [2.75, 3.05) is 5.32 Å². The Morgan fingerprint density at radius 3 is 2.45 bits per heavy atom. The molecule has 0 saturated heterocycles. The molecule has 0 aliphatic rings. The number of carbonyl (C=O) groups is 1. The molecule has 2 aromatic carbocycles. The number of halogens is 1. The van der Waals surface area contributed by atoms with Gasteiger partial charge in [-0.15, -0.1) is 0 Å². The van der Waals surface area contributed by atoms with Gasteiger partial charge in [0.25, 0.3) is 11.5 Å². The molecule has 6 nitrogen and oxygen atoms in total. The van der Waals surface area contributed by atoms with E-state index in [9.17, 15) is 9.59 Å². The fourth-order valence-corrected chi connectivity index (χ4v) is 4.23. The lowest BCUT2D eigenvalue weighted by Gasteiger charge is -2.09. The van der Waals surface area contributed by atoms with Crippen molar-refractivity contribution in [2.45, 2.75) is 19.9 Å². The molecule has 156 valence electrons. The first-order chi connectivity index (χ1) is 14.9. The van der Waals surface area contributed by atoms with Crippen molar-refractivity contribution >= 4 is 34.0 Å². The molecule has 4 aromatic rings. The largest absolute Gasteiger partial charge is 0.298 e. The van der Waals surface area contributed by atoms with E-state index in [1.807, 2.05) is 44.2 Å². The highest BCUT2D eigenvalue weighted by Gasteiger charge is 2.19. The van der Waals surface area contributed by atoms with E-state index in [1.54, 1.807) is 30.3 Å². The van der Waals surface area contributed by atoms with E-state index >= 15 is 0 Å². The lowest BCUT2D eigenvalue weighted by Crippen LogP contribution is -2.23. The molecule has 0 radical (unpaired) electrons. The first-order valence-electron chi connectivity index (χ1n) is 9.66. The molecule has 4 rings (SSSR count). The zero-order chi connectivity index (χ0) is 22.0. The summed E-state index contributed by atoms with van der Waals surface area (Å²) in [5, 5.41) is 8.16. The summed E-state index contributed by atoms with van der Waals surface area (Å²) in [5.41, 5.74) is 2.38. The standard InChI is InChI=1S/C23H19ClN4O2S/c1-14(2)28-19(29)13-12-18(27-28)21-20(15-8-4-3-5-9-15)25-23(31-21)26-22(30)16-10-6-7-11-17(16)24/h3-14H,1-2H3,(H,25,26,30). The normalized spacial score (nSPS) is 11.0. The number of amides is 1. The van der Waals surface area contributed by atoms with Crippen LogP contribution in [0.15, 0.2) is 71.5 Å². The van der Waals surface area contributed by atoms with Crippen LogP contribution in [0.25, 0.3) is 21.8 Å². The first-order valence-corrected chi connectivity index (χ1v) is 10.9. The van der Waals surface area contributed by atoms with Crippen molar-refractivity contribution in [2.24, 2.45) is 0 Å².